The number of carbonyl (C=O) groups excluding carboxylic acids is 1. The van der Waals surface area contributed by atoms with Gasteiger partial charge in [0.15, 0.2) is 5.82 Å². The number of carbonyl (C=O) groups is 1. The van der Waals surface area contributed by atoms with E-state index in [2.05, 4.69) is 10.1 Å². The predicted molar refractivity (Wildman–Crippen MR) is 92.0 cm³/mol. The van der Waals surface area contributed by atoms with Crippen LogP contribution in [0, 0.1) is 5.92 Å². The molecule has 1 aliphatic heterocycles. The monoisotopic (exact) mass is 354 g/mol. The maximum absolute atomic E-state index is 12.6. The third-order valence-electron chi connectivity index (χ3n) is 5.68. The highest BCUT2D eigenvalue weighted by Gasteiger charge is 2.34. The van der Waals surface area contributed by atoms with Crippen molar-refractivity contribution in [3.8, 4) is 0 Å². The lowest BCUT2D eigenvalue weighted by Gasteiger charge is -2.32. The van der Waals surface area contributed by atoms with Crippen LogP contribution in [0.1, 0.15) is 74.9 Å². The molecule has 7 heteroatoms. The third-order valence-corrected chi connectivity index (χ3v) is 5.68. The summed E-state index contributed by atoms with van der Waals surface area (Å²) < 4.78 is 5.38. The Bertz CT molecular complexity index is 575. The number of nitrogens with two attached hydrogens (primary N) is 1. The second kappa shape index (κ2) is 7.40. The summed E-state index contributed by atoms with van der Waals surface area (Å²) in [7, 11) is 0. The van der Waals surface area contributed by atoms with E-state index in [1.807, 2.05) is 4.90 Å². The van der Waals surface area contributed by atoms with E-state index >= 15 is 0 Å². The summed E-state index contributed by atoms with van der Waals surface area (Å²) in [5.74, 6) is 2.92. The Morgan fingerprint density at radius 1 is 1.17 bits per heavy atom. The molecule has 1 saturated heterocycles. The van der Waals surface area contributed by atoms with Gasteiger partial charge in [-0.25, -0.2) is 0 Å². The highest BCUT2D eigenvalue weighted by Crippen LogP contribution is 2.39. The molecule has 134 valence electrons. The summed E-state index contributed by atoms with van der Waals surface area (Å²) >= 11 is 0. The second-order valence-corrected chi connectivity index (χ2v) is 7.50. The SMILES string of the molecule is Cl.N[C@@H]1CCC[C@H]1CC(=O)N1CCCC(c2noc(C3CC3)n2)C1. The lowest BCUT2D eigenvalue weighted by molar-refractivity contribution is -0.133. The van der Waals surface area contributed by atoms with Crippen molar-refractivity contribution in [2.24, 2.45) is 11.7 Å². The van der Waals surface area contributed by atoms with Crippen LogP contribution in [-0.4, -0.2) is 40.1 Å². The van der Waals surface area contributed by atoms with Crippen molar-refractivity contribution in [3.05, 3.63) is 11.7 Å². The Kier molecular flexibility index (Phi) is 5.45. The van der Waals surface area contributed by atoms with Crippen molar-refractivity contribution >= 4 is 18.3 Å². The minimum Gasteiger partial charge on any atom is -0.342 e. The Balaban J connectivity index is 0.00000169. The van der Waals surface area contributed by atoms with Gasteiger partial charge in [-0.1, -0.05) is 11.6 Å². The highest BCUT2D eigenvalue weighted by atomic mass is 35.5. The summed E-state index contributed by atoms with van der Waals surface area (Å²) in [5, 5.41) is 4.17. The van der Waals surface area contributed by atoms with E-state index in [0.29, 0.717) is 18.3 Å². The minimum atomic E-state index is 0. The number of amides is 1. The van der Waals surface area contributed by atoms with Crippen LogP contribution in [0.5, 0.6) is 0 Å². The van der Waals surface area contributed by atoms with Gasteiger partial charge >= 0.3 is 0 Å². The van der Waals surface area contributed by atoms with E-state index in [0.717, 1.165) is 56.9 Å². The molecule has 0 bridgehead atoms. The van der Waals surface area contributed by atoms with Crippen LogP contribution in [0.4, 0.5) is 0 Å². The first-order chi connectivity index (χ1) is 11.2. The Hall–Kier alpha value is -1.14. The number of piperidine rings is 1. The molecule has 2 saturated carbocycles. The fourth-order valence-electron chi connectivity index (χ4n) is 4.00. The average Bonchev–Trinajstić information content (AvgIpc) is 3.16. The molecule has 2 aliphatic carbocycles. The predicted octanol–water partition coefficient (Wildman–Crippen LogP) is 2.59. The number of nitrogens with zero attached hydrogens (tertiary/aromatic N) is 3. The largest absolute Gasteiger partial charge is 0.342 e. The molecule has 3 atom stereocenters. The molecule has 1 unspecified atom stereocenters. The van der Waals surface area contributed by atoms with E-state index in [4.69, 9.17) is 10.3 Å². The molecule has 2 heterocycles. The Morgan fingerprint density at radius 2 is 2.00 bits per heavy atom. The number of aromatic nitrogens is 2. The molecule has 0 spiro atoms. The molecule has 3 fully saturated rings. The maximum Gasteiger partial charge on any atom is 0.229 e. The molecule has 1 amide bonds. The van der Waals surface area contributed by atoms with Gasteiger partial charge in [0.25, 0.3) is 0 Å². The van der Waals surface area contributed by atoms with Crippen molar-refractivity contribution in [2.45, 2.75) is 69.2 Å². The van der Waals surface area contributed by atoms with Gasteiger partial charge in [0.2, 0.25) is 11.8 Å². The zero-order valence-electron chi connectivity index (χ0n) is 14.0. The van der Waals surface area contributed by atoms with Gasteiger partial charge in [-0.05, 0) is 44.4 Å². The van der Waals surface area contributed by atoms with Crippen molar-refractivity contribution in [1.29, 1.82) is 0 Å². The summed E-state index contributed by atoms with van der Waals surface area (Å²) in [4.78, 5) is 19.2. The van der Waals surface area contributed by atoms with Gasteiger partial charge in [-0.2, -0.15) is 4.98 Å². The summed E-state index contributed by atoms with van der Waals surface area (Å²) in [5.41, 5.74) is 6.11. The van der Waals surface area contributed by atoms with Crippen molar-refractivity contribution in [2.75, 3.05) is 13.1 Å². The highest BCUT2D eigenvalue weighted by molar-refractivity contribution is 5.85. The van der Waals surface area contributed by atoms with Crippen LogP contribution in [0.15, 0.2) is 4.52 Å². The molecule has 1 aromatic rings. The third kappa shape index (κ3) is 3.75. The maximum atomic E-state index is 12.6. The van der Waals surface area contributed by atoms with E-state index < -0.39 is 0 Å². The van der Waals surface area contributed by atoms with Crippen LogP contribution in [0.2, 0.25) is 0 Å². The zero-order valence-corrected chi connectivity index (χ0v) is 14.8. The molecule has 2 N–H and O–H groups in total. The van der Waals surface area contributed by atoms with Gasteiger partial charge in [0, 0.05) is 37.4 Å². The number of hydrogen-bond acceptors (Lipinski definition) is 5. The lowest BCUT2D eigenvalue weighted by atomic mass is 9.95. The van der Waals surface area contributed by atoms with Crippen LogP contribution >= 0.6 is 12.4 Å². The van der Waals surface area contributed by atoms with Crippen molar-refractivity contribution in [1.82, 2.24) is 15.0 Å². The normalized spacial score (nSPS) is 30.2. The summed E-state index contributed by atoms with van der Waals surface area (Å²) in [6.07, 6.45) is 8.31. The first-order valence-electron chi connectivity index (χ1n) is 9.07. The standard InChI is InChI=1S/C17H26N4O2.ClH/c18-14-5-1-3-12(14)9-15(22)21-8-2-4-13(10-21)16-19-17(23-20-16)11-6-7-11;/h11-14H,1-10,18H2;1H/t12-,13?,14+;/m0./s1. The Labute approximate surface area is 148 Å². The fourth-order valence-corrected chi connectivity index (χ4v) is 4.00. The quantitative estimate of drug-likeness (QED) is 0.898. The summed E-state index contributed by atoms with van der Waals surface area (Å²) in [6.45, 7) is 1.58. The van der Waals surface area contributed by atoms with E-state index in [1.165, 1.54) is 12.8 Å². The van der Waals surface area contributed by atoms with Gasteiger partial charge < -0.3 is 15.2 Å². The molecule has 0 aromatic carbocycles. The molecule has 6 nitrogen and oxygen atoms in total. The van der Waals surface area contributed by atoms with Gasteiger partial charge in [-0.15, -0.1) is 12.4 Å². The Morgan fingerprint density at radius 3 is 2.71 bits per heavy atom. The fraction of sp³-hybridized carbons (Fsp3) is 0.824. The van der Waals surface area contributed by atoms with Crippen LogP contribution in [0.25, 0.3) is 0 Å². The number of rotatable bonds is 4. The van der Waals surface area contributed by atoms with E-state index in [-0.39, 0.29) is 30.3 Å². The zero-order chi connectivity index (χ0) is 15.8. The lowest BCUT2D eigenvalue weighted by Crippen LogP contribution is -2.41. The smallest absolute Gasteiger partial charge is 0.229 e. The van der Waals surface area contributed by atoms with Crippen LogP contribution in [0.3, 0.4) is 0 Å². The van der Waals surface area contributed by atoms with Gasteiger partial charge in [-0.3, -0.25) is 4.79 Å². The first-order valence-corrected chi connectivity index (χ1v) is 9.07. The average molecular weight is 355 g/mol. The summed E-state index contributed by atoms with van der Waals surface area (Å²) in [6, 6.07) is 0.206. The van der Waals surface area contributed by atoms with E-state index in [1.54, 1.807) is 0 Å². The van der Waals surface area contributed by atoms with Crippen LogP contribution in [-0.2, 0) is 4.79 Å². The number of halogens is 1. The molecule has 1 aromatic heterocycles. The number of likely N-dealkylation sites (tertiary alicyclic amines) is 1. The molecular formula is C17H27ClN4O2. The van der Waals surface area contributed by atoms with Crippen molar-refractivity contribution in [3.63, 3.8) is 0 Å². The van der Waals surface area contributed by atoms with Crippen molar-refractivity contribution < 1.29 is 9.32 Å². The van der Waals surface area contributed by atoms with E-state index in [9.17, 15) is 4.79 Å². The van der Waals surface area contributed by atoms with Gasteiger partial charge in [0.1, 0.15) is 0 Å². The molecular weight excluding hydrogens is 328 g/mol. The first kappa shape index (κ1) is 17.7. The molecule has 0 radical (unpaired) electrons. The van der Waals surface area contributed by atoms with Gasteiger partial charge in [0.05, 0.1) is 0 Å². The van der Waals surface area contributed by atoms with Crippen LogP contribution < -0.4 is 5.73 Å². The second-order valence-electron chi connectivity index (χ2n) is 7.50. The topological polar surface area (TPSA) is 85.3 Å². The molecule has 3 aliphatic rings. The molecule has 24 heavy (non-hydrogen) atoms. The minimum absolute atomic E-state index is 0. The molecule has 4 rings (SSSR count). The number of hydrogen-bond donors (Lipinski definition) is 1.